The van der Waals surface area contributed by atoms with Crippen LogP contribution in [0, 0.1) is 19.8 Å². The number of carbonyl (C=O) groups excluding carboxylic acids is 1. The van der Waals surface area contributed by atoms with Gasteiger partial charge in [-0.3, -0.25) is 4.79 Å². The maximum absolute atomic E-state index is 13.4. The Balaban J connectivity index is 1.71. The third kappa shape index (κ3) is 3.74. The van der Waals surface area contributed by atoms with Crippen molar-refractivity contribution in [3.05, 3.63) is 65.5 Å². The highest BCUT2D eigenvalue weighted by Gasteiger charge is 2.41. The minimum absolute atomic E-state index is 0.0305. The van der Waals surface area contributed by atoms with Gasteiger partial charge in [-0.25, -0.2) is 4.68 Å². The van der Waals surface area contributed by atoms with Crippen LogP contribution in [0.15, 0.2) is 53.7 Å². The Hall–Kier alpha value is -2.80. The summed E-state index contributed by atoms with van der Waals surface area (Å²) in [5.74, 6) is 0.314. The second-order valence-corrected chi connectivity index (χ2v) is 8.39. The number of aromatic nitrogens is 3. The van der Waals surface area contributed by atoms with Crippen molar-refractivity contribution in [2.24, 2.45) is 5.92 Å². The van der Waals surface area contributed by atoms with Gasteiger partial charge in [0.15, 0.2) is 0 Å². The first-order chi connectivity index (χ1) is 14.0. The van der Waals surface area contributed by atoms with Crippen LogP contribution in [0.2, 0.25) is 0 Å². The number of rotatable bonds is 4. The molecule has 0 unspecified atom stereocenters. The molecule has 2 aromatic carbocycles. The summed E-state index contributed by atoms with van der Waals surface area (Å²) in [4.78, 5) is 18.9. The fourth-order valence-electron chi connectivity index (χ4n) is 3.97. The van der Waals surface area contributed by atoms with E-state index in [0.717, 1.165) is 16.8 Å². The number of hydrogen-bond donors (Lipinski definition) is 2. The third-order valence-corrected chi connectivity index (χ3v) is 6.22. The Morgan fingerprint density at radius 3 is 2.62 bits per heavy atom. The molecule has 1 aliphatic heterocycles. The van der Waals surface area contributed by atoms with E-state index in [2.05, 4.69) is 57.3 Å². The van der Waals surface area contributed by atoms with E-state index in [-0.39, 0.29) is 23.9 Å². The summed E-state index contributed by atoms with van der Waals surface area (Å²) < 4.78 is 1.82. The number of thioether (sulfide) groups is 1. The number of benzene rings is 2. The van der Waals surface area contributed by atoms with E-state index < -0.39 is 0 Å². The summed E-state index contributed by atoms with van der Waals surface area (Å²) in [6.07, 6.45) is 3.58. The summed E-state index contributed by atoms with van der Waals surface area (Å²) in [5.41, 5.74) is 4.11. The van der Waals surface area contributed by atoms with Crippen molar-refractivity contribution in [3.63, 3.8) is 0 Å². The monoisotopic (exact) mass is 407 g/mol. The third-order valence-electron chi connectivity index (χ3n) is 5.47. The normalized spacial score (nSPS) is 20.6. The van der Waals surface area contributed by atoms with Gasteiger partial charge in [0.1, 0.15) is 6.33 Å². The molecule has 0 saturated heterocycles. The molecule has 3 atom stereocenters. The molecule has 0 aliphatic carbocycles. The lowest BCUT2D eigenvalue weighted by Crippen LogP contribution is -2.46. The van der Waals surface area contributed by atoms with Crippen molar-refractivity contribution in [2.45, 2.75) is 37.8 Å². The van der Waals surface area contributed by atoms with Crippen molar-refractivity contribution < 1.29 is 4.79 Å². The van der Waals surface area contributed by atoms with Gasteiger partial charge >= 0.3 is 0 Å². The predicted molar refractivity (Wildman–Crippen MR) is 118 cm³/mol. The molecular formula is C22H25N5OS. The molecule has 0 saturated carbocycles. The lowest BCUT2D eigenvalue weighted by atomic mass is 9.85. The van der Waals surface area contributed by atoms with E-state index in [9.17, 15) is 4.79 Å². The van der Waals surface area contributed by atoms with Crippen molar-refractivity contribution in [1.82, 2.24) is 14.8 Å². The number of nitrogens with zero attached hydrogens (tertiary/aromatic N) is 3. The molecule has 4 rings (SSSR count). The molecule has 3 aromatic rings. The van der Waals surface area contributed by atoms with Gasteiger partial charge in [0.05, 0.1) is 12.0 Å². The van der Waals surface area contributed by atoms with Crippen LogP contribution >= 0.6 is 11.8 Å². The number of amides is 1. The Kier molecular flexibility index (Phi) is 5.32. The van der Waals surface area contributed by atoms with Crippen LogP contribution in [0.5, 0.6) is 0 Å². The second kappa shape index (κ2) is 7.91. The summed E-state index contributed by atoms with van der Waals surface area (Å²) in [7, 11) is 0. The van der Waals surface area contributed by atoms with E-state index in [1.54, 1.807) is 11.8 Å². The Morgan fingerprint density at radius 2 is 1.93 bits per heavy atom. The molecule has 2 heterocycles. The molecule has 0 radical (unpaired) electrons. The van der Waals surface area contributed by atoms with Crippen molar-refractivity contribution in [2.75, 3.05) is 16.9 Å². The second-order valence-electron chi connectivity index (χ2n) is 7.51. The molecule has 1 aromatic heterocycles. The Labute approximate surface area is 175 Å². The predicted octanol–water partition coefficient (Wildman–Crippen LogP) is 4.28. The maximum Gasteiger partial charge on any atom is 0.232 e. The fourth-order valence-corrected chi connectivity index (χ4v) is 4.37. The van der Waals surface area contributed by atoms with Crippen LogP contribution in [0.3, 0.4) is 0 Å². The smallest absolute Gasteiger partial charge is 0.232 e. The topological polar surface area (TPSA) is 71.8 Å². The summed E-state index contributed by atoms with van der Waals surface area (Å²) in [5, 5.41) is 10.9. The van der Waals surface area contributed by atoms with Crippen LogP contribution in [-0.4, -0.2) is 33.0 Å². The summed E-state index contributed by atoms with van der Waals surface area (Å²) in [6, 6.07) is 14.1. The number of nitrogens with one attached hydrogen (secondary N) is 2. The first-order valence-corrected chi connectivity index (χ1v) is 10.9. The molecule has 29 heavy (non-hydrogen) atoms. The van der Waals surface area contributed by atoms with E-state index in [1.165, 1.54) is 16.8 Å². The maximum atomic E-state index is 13.4. The molecule has 0 fully saturated rings. The van der Waals surface area contributed by atoms with Gasteiger partial charge in [-0.1, -0.05) is 29.8 Å². The molecule has 7 heteroatoms. The van der Waals surface area contributed by atoms with Crippen molar-refractivity contribution in [1.29, 1.82) is 0 Å². The highest BCUT2D eigenvalue weighted by atomic mass is 32.2. The van der Waals surface area contributed by atoms with E-state index in [4.69, 9.17) is 0 Å². The Bertz CT molecular complexity index is 1030. The number of aryl methyl sites for hydroxylation is 2. The first kappa shape index (κ1) is 19.5. The van der Waals surface area contributed by atoms with Crippen LogP contribution in [0.1, 0.15) is 29.7 Å². The van der Waals surface area contributed by atoms with E-state index in [1.807, 2.05) is 37.6 Å². The molecule has 0 spiro atoms. The summed E-state index contributed by atoms with van der Waals surface area (Å²) in [6.45, 7) is 6.08. The van der Waals surface area contributed by atoms with Crippen LogP contribution in [-0.2, 0) is 4.79 Å². The molecule has 1 aliphatic rings. The molecule has 1 amide bonds. The standard InChI is InChI=1S/C22H25N5OS/c1-13-5-10-18(14(2)11-13)26-21(28)19-15(3)25-22-23-12-24-27(22)20(19)16-6-8-17(29-4)9-7-16/h5-12,15,19-20H,1-4H3,(H,26,28)(H,23,24,25)/t15-,19-,20+/m0/s1. The van der Waals surface area contributed by atoms with Gasteiger partial charge in [0, 0.05) is 16.6 Å². The fraction of sp³-hybridized carbons (Fsp3) is 0.318. The van der Waals surface area contributed by atoms with Gasteiger partial charge in [-0.15, -0.1) is 11.8 Å². The average molecular weight is 408 g/mol. The summed E-state index contributed by atoms with van der Waals surface area (Å²) >= 11 is 1.70. The largest absolute Gasteiger partial charge is 0.351 e. The number of carbonyl (C=O) groups is 1. The zero-order chi connectivity index (χ0) is 20.5. The average Bonchev–Trinajstić information content (AvgIpc) is 3.17. The lowest BCUT2D eigenvalue weighted by molar-refractivity contribution is -0.121. The first-order valence-electron chi connectivity index (χ1n) is 9.66. The zero-order valence-corrected chi connectivity index (χ0v) is 17.8. The number of hydrogen-bond acceptors (Lipinski definition) is 5. The van der Waals surface area contributed by atoms with Gasteiger partial charge in [-0.2, -0.15) is 10.1 Å². The number of fused-ring (bicyclic) bond motifs is 1. The molecule has 6 nitrogen and oxygen atoms in total. The van der Waals surface area contributed by atoms with Crippen LogP contribution in [0.25, 0.3) is 0 Å². The quantitative estimate of drug-likeness (QED) is 0.632. The van der Waals surface area contributed by atoms with Crippen molar-refractivity contribution in [3.8, 4) is 0 Å². The lowest BCUT2D eigenvalue weighted by Gasteiger charge is -2.37. The van der Waals surface area contributed by atoms with E-state index >= 15 is 0 Å². The van der Waals surface area contributed by atoms with Crippen LogP contribution in [0.4, 0.5) is 11.6 Å². The van der Waals surface area contributed by atoms with Gasteiger partial charge in [0.25, 0.3) is 0 Å². The highest BCUT2D eigenvalue weighted by molar-refractivity contribution is 7.98. The molecule has 0 bridgehead atoms. The SMILES string of the molecule is CSc1ccc([C@@H]2[C@@H](C(=O)Nc3ccc(C)cc3C)[C@H](C)Nc3ncnn32)cc1. The zero-order valence-electron chi connectivity index (χ0n) is 17.0. The Morgan fingerprint density at radius 1 is 1.17 bits per heavy atom. The van der Waals surface area contributed by atoms with Gasteiger partial charge in [0.2, 0.25) is 11.9 Å². The minimum atomic E-state index is -0.343. The molecule has 2 N–H and O–H groups in total. The van der Waals surface area contributed by atoms with Gasteiger partial charge in [-0.05, 0) is 56.4 Å². The number of anilines is 2. The van der Waals surface area contributed by atoms with E-state index in [0.29, 0.717) is 5.95 Å². The van der Waals surface area contributed by atoms with Crippen LogP contribution < -0.4 is 10.6 Å². The minimum Gasteiger partial charge on any atom is -0.351 e. The highest BCUT2D eigenvalue weighted by Crippen LogP contribution is 2.37. The van der Waals surface area contributed by atoms with Gasteiger partial charge < -0.3 is 10.6 Å². The molecule has 150 valence electrons. The van der Waals surface area contributed by atoms with Crippen molar-refractivity contribution >= 4 is 29.3 Å². The molecular weight excluding hydrogens is 382 g/mol.